The lowest BCUT2D eigenvalue weighted by Gasteiger charge is -2.08. The molecule has 0 radical (unpaired) electrons. The molecule has 0 aliphatic carbocycles. The molecule has 2 aromatic carbocycles. The molecule has 3 rings (SSSR count). The van der Waals surface area contributed by atoms with E-state index < -0.39 is 16.6 Å². The van der Waals surface area contributed by atoms with Crippen LogP contribution in [-0.4, -0.2) is 21.6 Å². The number of Topliss-reactive ketones (excluding diaryl/α,β-unsaturated/α-hetero) is 1. The van der Waals surface area contributed by atoms with Crippen LogP contribution >= 0.6 is 23.2 Å². The van der Waals surface area contributed by atoms with Crippen LogP contribution < -0.4 is 5.32 Å². The number of benzene rings is 2. The number of aromatic nitrogens is 1. The Morgan fingerprint density at radius 2 is 1.80 bits per heavy atom. The fourth-order valence-electron chi connectivity index (χ4n) is 2.32. The van der Waals surface area contributed by atoms with Gasteiger partial charge in [-0.15, -0.1) is 0 Å². The van der Waals surface area contributed by atoms with Crippen molar-refractivity contribution in [3.63, 3.8) is 0 Å². The average Bonchev–Trinajstić information content (AvgIpc) is 3.00. The average molecular weight is 378 g/mol. The number of para-hydroxylation sites is 1. The molecule has 2 N–H and O–H groups in total. The number of ketones is 1. The van der Waals surface area contributed by atoms with Crippen molar-refractivity contribution in [3.05, 3.63) is 68.3 Å². The molecule has 0 aliphatic rings. The molecule has 1 amide bonds. The van der Waals surface area contributed by atoms with Gasteiger partial charge in [0.2, 0.25) is 0 Å². The molecule has 0 fully saturated rings. The minimum atomic E-state index is -0.956. The summed E-state index contributed by atoms with van der Waals surface area (Å²) in [6, 6.07) is 8.63. The molecule has 9 heteroatoms. The van der Waals surface area contributed by atoms with Gasteiger partial charge in [-0.3, -0.25) is 19.7 Å². The molecule has 0 atom stereocenters. The highest BCUT2D eigenvalue weighted by Crippen LogP contribution is 2.30. The number of H-pyrrole nitrogens is 1. The molecule has 3 aromatic rings. The molecule has 1 aromatic heterocycles. The first kappa shape index (κ1) is 16.9. The summed E-state index contributed by atoms with van der Waals surface area (Å²) in [5.41, 5.74) is 0.447. The topological polar surface area (TPSA) is 105 Å². The first-order valence-corrected chi connectivity index (χ1v) is 7.69. The predicted octanol–water partition coefficient (Wildman–Crippen LogP) is 4.20. The number of fused-ring (bicyclic) bond motifs is 1. The van der Waals surface area contributed by atoms with Crippen molar-refractivity contribution in [2.24, 2.45) is 0 Å². The van der Waals surface area contributed by atoms with Crippen LogP contribution in [0.25, 0.3) is 10.9 Å². The number of rotatable bonds is 4. The molecule has 0 aliphatic heterocycles. The third-order valence-corrected chi connectivity index (χ3v) is 4.16. The molecule has 0 spiro atoms. The number of hydrogen-bond donors (Lipinski definition) is 2. The molecule has 0 bridgehead atoms. The zero-order valence-electron chi connectivity index (χ0n) is 12.4. The largest absolute Gasteiger partial charge is 0.360 e. The highest BCUT2D eigenvalue weighted by atomic mass is 35.5. The van der Waals surface area contributed by atoms with Crippen molar-refractivity contribution in [1.29, 1.82) is 0 Å². The number of anilines is 1. The number of non-ortho nitro benzene ring substituents is 1. The lowest BCUT2D eigenvalue weighted by atomic mass is 10.1. The van der Waals surface area contributed by atoms with E-state index in [0.29, 0.717) is 5.52 Å². The highest BCUT2D eigenvalue weighted by molar-refractivity contribution is 6.50. The van der Waals surface area contributed by atoms with Crippen LogP contribution in [0.2, 0.25) is 10.0 Å². The van der Waals surface area contributed by atoms with Crippen LogP contribution in [0.4, 0.5) is 11.4 Å². The fraction of sp³-hybridized carbons (Fsp3) is 0. The van der Waals surface area contributed by atoms with Crippen molar-refractivity contribution >= 4 is 57.2 Å². The van der Waals surface area contributed by atoms with Crippen molar-refractivity contribution in [2.45, 2.75) is 0 Å². The van der Waals surface area contributed by atoms with Crippen LogP contribution in [0.3, 0.4) is 0 Å². The molecule has 7 nitrogen and oxygen atoms in total. The summed E-state index contributed by atoms with van der Waals surface area (Å²) in [5, 5.41) is 13.9. The number of aromatic amines is 1. The summed E-state index contributed by atoms with van der Waals surface area (Å²) in [5.74, 6) is -1.83. The van der Waals surface area contributed by atoms with Crippen molar-refractivity contribution < 1.29 is 14.5 Å². The number of nitro benzene ring substituents is 1. The van der Waals surface area contributed by atoms with E-state index in [2.05, 4.69) is 10.3 Å². The van der Waals surface area contributed by atoms with E-state index in [1.165, 1.54) is 36.5 Å². The Bertz CT molecular complexity index is 1010. The Kier molecular flexibility index (Phi) is 4.43. The molecule has 25 heavy (non-hydrogen) atoms. The minimum Gasteiger partial charge on any atom is -0.360 e. The second kappa shape index (κ2) is 6.54. The lowest BCUT2D eigenvalue weighted by molar-refractivity contribution is -0.384. The predicted molar refractivity (Wildman–Crippen MR) is 94.4 cm³/mol. The first-order valence-electron chi connectivity index (χ1n) is 6.93. The smallest absolute Gasteiger partial charge is 0.296 e. The van der Waals surface area contributed by atoms with E-state index in [-0.39, 0.29) is 32.4 Å². The Morgan fingerprint density at radius 3 is 2.44 bits per heavy atom. The summed E-state index contributed by atoms with van der Waals surface area (Å²) in [6.45, 7) is 0. The molecular formula is C16H9Cl2N3O4. The summed E-state index contributed by atoms with van der Waals surface area (Å²) in [7, 11) is 0. The van der Waals surface area contributed by atoms with Gasteiger partial charge in [0, 0.05) is 29.2 Å². The number of carbonyl (C=O) groups is 2. The van der Waals surface area contributed by atoms with Gasteiger partial charge >= 0.3 is 0 Å². The highest BCUT2D eigenvalue weighted by Gasteiger charge is 2.23. The minimum absolute atomic E-state index is 0.0133. The lowest BCUT2D eigenvalue weighted by Crippen LogP contribution is -2.23. The second-order valence-corrected chi connectivity index (χ2v) is 5.88. The molecule has 1 heterocycles. The monoisotopic (exact) mass is 377 g/mol. The Labute approximate surface area is 150 Å². The van der Waals surface area contributed by atoms with Gasteiger partial charge in [-0.05, 0) is 18.2 Å². The number of nitrogens with zero attached hydrogens (tertiary/aromatic N) is 1. The van der Waals surface area contributed by atoms with Crippen molar-refractivity contribution in [3.8, 4) is 0 Å². The fourth-order valence-corrected chi connectivity index (χ4v) is 2.81. The Morgan fingerprint density at radius 1 is 1.12 bits per heavy atom. The van der Waals surface area contributed by atoms with E-state index in [9.17, 15) is 19.7 Å². The van der Waals surface area contributed by atoms with Gasteiger partial charge in [-0.1, -0.05) is 29.3 Å². The maximum atomic E-state index is 12.4. The number of nitrogens with one attached hydrogen (secondary N) is 2. The summed E-state index contributed by atoms with van der Waals surface area (Å²) >= 11 is 11.9. The maximum Gasteiger partial charge on any atom is 0.296 e. The van der Waals surface area contributed by atoms with Gasteiger partial charge in [0.05, 0.1) is 26.2 Å². The Hall–Kier alpha value is -2.90. The van der Waals surface area contributed by atoms with Crippen LogP contribution in [0.15, 0.2) is 42.6 Å². The van der Waals surface area contributed by atoms with E-state index >= 15 is 0 Å². The SMILES string of the molecule is O=C(Nc1c(Cl)cccc1Cl)C(=O)c1c[nH]c2ccc([N+](=O)[O-])cc12. The molecule has 0 saturated carbocycles. The van der Waals surface area contributed by atoms with Gasteiger partial charge in [0.15, 0.2) is 0 Å². The number of amides is 1. The summed E-state index contributed by atoms with van der Waals surface area (Å²) in [6.07, 6.45) is 1.32. The normalized spacial score (nSPS) is 10.6. The van der Waals surface area contributed by atoms with E-state index in [0.717, 1.165) is 0 Å². The quantitative estimate of drug-likeness (QED) is 0.307. The van der Waals surface area contributed by atoms with Crippen LogP contribution in [-0.2, 0) is 4.79 Å². The van der Waals surface area contributed by atoms with Crippen molar-refractivity contribution in [1.82, 2.24) is 4.98 Å². The molecular weight excluding hydrogens is 369 g/mol. The third-order valence-electron chi connectivity index (χ3n) is 3.53. The Balaban J connectivity index is 1.95. The van der Waals surface area contributed by atoms with Crippen LogP contribution in [0, 0.1) is 10.1 Å². The van der Waals surface area contributed by atoms with Crippen molar-refractivity contribution in [2.75, 3.05) is 5.32 Å². The number of nitro groups is 1. The third kappa shape index (κ3) is 3.19. The zero-order valence-corrected chi connectivity index (χ0v) is 13.9. The van der Waals surface area contributed by atoms with Gasteiger partial charge in [-0.2, -0.15) is 0 Å². The standard InChI is InChI=1S/C16H9Cl2N3O4/c17-11-2-1-3-12(18)14(11)20-16(23)15(22)10-7-19-13-5-4-8(21(24)25)6-9(10)13/h1-7,19H,(H,20,23). The first-order chi connectivity index (χ1) is 11.9. The number of halogens is 2. The van der Waals surface area contributed by atoms with Gasteiger partial charge < -0.3 is 10.3 Å². The van der Waals surface area contributed by atoms with Gasteiger partial charge in [0.1, 0.15) is 0 Å². The van der Waals surface area contributed by atoms with Crippen LogP contribution in [0.5, 0.6) is 0 Å². The summed E-state index contributed by atoms with van der Waals surface area (Å²) < 4.78 is 0. The second-order valence-electron chi connectivity index (χ2n) is 5.07. The zero-order chi connectivity index (χ0) is 18.1. The van der Waals surface area contributed by atoms with E-state index in [1.807, 2.05) is 0 Å². The molecule has 0 unspecified atom stereocenters. The van der Waals surface area contributed by atoms with Gasteiger partial charge in [-0.25, -0.2) is 0 Å². The van der Waals surface area contributed by atoms with E-state index in [4.69, 9.17) is 23.2 Å². The summed E-state index contributed by atoms with van der Waals surface area (Å²) in [4.78, 5) is 37.8. The van der Waals surface area contributed by atoms with E-state index in [1.54, 1.807) is 6.07 Å². The molecule has 0 saturated heterocycles. The van der Waals surface area contributed by atoms with Crippen LogP contribution in [0.1, 0.15) is 10.4 Å². The number of carbonyl (C=O) groups excluding carboxylic acids is 2. The van der Waals surface area contributed by atoms with Gasteiger partial charge in [0.25, 0.3) is 17.4 Å². The molecule has 126 valence electrons. The number of hydrogen-bond acceptors (Lipinski definition) is 4. The maximum absolute atomic E-state index is 12.4.